The summed E-state index contributed by atoms with van der Waals surface area (Å²) in [6.45, 7) is 4.01. The highest BCUT2D eigenvalue weighted by Crippen LogP contribution is 2.22. The molecule has 0 bridgehead atoms. The molecule has 2 heterocycles. The van der Waals surface area contributed by atoms with Gasteiger partial charge in [0.1, 0.15) is 11.3 Å². The summed E-state index contributed by atoms with van der Waals surface area (Å²) in [5.74, 6) is -0.353. The Bertz CT molecular complexity index is 584. The van der Waals surface area contributed by atoms with Gasteiger partial charge in [-0.15, -0.1) is 0 Å². The third kappa shape index (κ3) is 2.46. The quantitative estimate of drug-likeness (QED) is 0.613. The van der Waals surface area contributed by atoms with E-state index in [0.717, 1.165) is 24.2 Å². The number of aryl methyl sites for hydroxylation is 1. The number of rotatable bonds is 2. The van der Waals surface area contributed by atoms with Crippen LogP contribution in [0.4, 0.5) is 0 Å². The average Bonchev–Trinajstić information content (AvgIpc) is 2.82. The van der Waals surface area contributed by atoms with E-state index in [1.807, 2.05) is 37.4 Å². The lowest BCUT2D eigenvalue weighted by molar-refractivity contribution is -0.136. The van der Waals surface area contributed by atoms with Crippen LogP contribution in [-0.2, 0) is 9.63 Å². The van der Waals surface area contributed by atoms with Gasteiger partial charge < -0.3 is 9.74 Å². The van der Waals surface area contributed by atoms with Gasteiger partial charge in [-0.3, -0.25) is 0 Å². The molecule has 1 fully saturated rings. The Hall–Kier alpha value is -2.10. The van der Waals surface area contributed by atoms with Crippen molar-refractivity contribution in [3.8, 4) is 0 Å². The fourth-order valence-corrected chi connectivity index (χ4v) is 2.66. The molecule has 1 aromatic carbocycles. The summed E-state index contributed by atoms with van der Waals surface area (Å²) in [4.78, 5) is 19.0. The molecule has 0 saturated carbocycles. The first-order valence-electron chi connectivity index (χ1n) is 7.07. The van der Waals surface area contributed by atoms with Crippen LogP contribution >= 0.6 is 0 Å². The molecular formula is C16H18N2O2. The average molecular weight is 270 g/mol. The fourth-order valence-electron chi connectivity index (χ4n) is 2.66. The number of carbonyl (C=O) groups excluding carboxylic acids is 1. The second-order valence-corrected chi connectivity index (χ2v) is 5.27. The molecule has 0 amide bonds. The molecule has 0 N–H and O–H groups in total. The Balaban J connectivity index is 1.92. The molecule has 4 nitrogen and oxygen atoms in total. The predicted molar refractivity (Wildman–Crippen MR) is 77.3 cm³/mol. The van der Waals surface area contributed by atoms with E-state index in [2.05, 4.69) is 10.1 Å². The minimum Gasteiger partial charge on any atom is -0.377 e. The Morgan fingerprint density at radius 3 is 2.70 bits per heavy atom. The highest BCUT2D eigenvalue weighted by molar-refractivity contribution is 6.29. The summed E-state index contributed by atoms with van der Waals surface area (Å²) in [5, 5.41) is 3.97. The Labute approximate surface area is 118 Å². The molecule has 0 aromatic heterocycles. The Kier molecular flexibility index (Phi) is 3.54. The third-order valence-electron chi connectivity index (χ3n) is 3.80. The lowest BCUT2D eigenvalue weighted by atomic mass is 9.99. The van der Waals surface area contributed by atoms with E-state index >= 15 is 0 Å². The summed E-state index contributed by atoms with van der Waals surface area (Å²) in [6.07, 6.45) is 5.54. The van der Waals surface area contributed by atoms with Gasteiger partial charge in [0.2, 0.25) is 0 Å². The Morgan fingerprint density at radius 1 is 1.20 bits per heavy atom. The summed E-state index contributed by atoms with van der Waals surface area (Å²) in [5.41, 5.74) is 3.27. The van der Waals surface area contributed by atoms with E-state index in [9.17, 15) is 4.79 Å². The molecule has 0 spiro atoms. The summed E-state index contributed by atoms with van der Waals surface area (Å²) in [6, 6.07) is 7.91. The smallest absolute Gasteiger partial charge is 0.369 e. The highest BCUT2D eigenvalue weighted by atomic mass is 16.7. The SMILES string of the molecule is Cc1ccccc1C1=NOC(=O)/C1=C\N1CCCCC1. The molecule has 4 heteroatoms. The molecule has 0 unspecified atom stereocenters. The van der Waals surface area contributed by atoms with Crippen LogP contribution in [0.2, 0.25) is 0 Å². The Morgan fingerprint density at radius 2 is 1.95 bits per heavy atom. The fraction of sp³-hybridized carbons (Fsp3) is 0.375. The maximum atomic E-state index is 11.9. The van der Waals surface area contributed by atoms with Gasteiger partial charge in [-0.2, -0.15) is 0 Å². The molecule has 20 heavy (non-hydrogen) atoms. The molecular weight excluding hydrogens is 252 g/mol. The van der Waals surface area contributed by atoms with Crippen molar-refractivity contribution < 1.29 is 9.63 Å². The van der Waals surface area contributed by atoms with E-state index < -0.39 is 0 Å². The van der Waals surface area contributed by atoms with Crippen molar-refractivity contribution in [3.05, 3.63) is 47.2 Å². The van der Waals surface area contributed by atoms with Crippen LogP contribution < -0.4 is 0 Å². The minimum absolute atomic E-state index is 0.353. The van der Waals surface area contributed by atoms with Crippen molar-refractivity contribution >= 4 is 11.7 Å². The minimum atomic E-state index is -0.353. The van der Waals surface area contributed by atoms with Gasteiger partial charge in [-0.25, -0.2) is 4.79 Å². The molecule has 0 aliphatic carbocycles. The monoisotopic (exact) mass is 270 g/mol. The molecule has 1 aromatic rings. The first-order valence-corrected chi connectivity index (χ1v) is 7.07. The molecule has 2 aliphatic rings. The van der Waals surface area contributed by atoms with Crippen LogP contribution in [-0.4, -0.2) is 29.7 Å². The normalized spacial score (nSPS) is 21.1. The van der Waals surface area contributed by atoms with Gasteiger partial charge in [0, 0.05) is 24.9 Å². The second-order valence-electron chi connectivity index (χ2n) is 5.27. The van der Waals surface area contributed by atoms with Crippen LogP contribution in [0.25, 0.3) is 0 Å². The second kappa shape index (κ2) is 5.49. The van der Waals surface area contributed by atoms with Crippen molar-refractivity contribution in [3.63, 3.8) is 0 Å². The molecule has 2 aliphatic heterocycles. The van der Waals surface area contributed by atoms with Crippen LogP contribution in [0.3, 0.4) is 0 Å². The predicted octanol–water partition coefficient (Wildman–Crippen LogP) is 2.63. The molecule has 0 radical (unpaired) electrons. The van der Waals surface area contributed by atoms with E-state index in [1.165, 1.54) is 19.3 Å². The van der Waals surface area contributed by atoms with Gasteiger partial charge in [0.05, 0.1) is 0 Å². The number of nitrogens with zero attached hydrogens (tertiary/aromatic N) is 2. The summed E-state index contributed by atoms with van der Waals surface area (Å²) >= 11 is 0. The van der Waals surface area contributed by atoms with E-state index in [4.69, 9.17) is 4.84 Å². The molecule has 1 saturated heterocycles. The van der Waals surface area contributed by atoms with Crippen molar-refractivity contribution in [2.24, 2.45) is 5.16 Å². The maximum Gasteiger partial charge on any atom is 0.369 e. The van der Waals surface area contributed by atoms with Gasteiger partial charge in [-0.05, 0) is 31.7 Å². The lowest BCUT2D eigenvalue weighted by Crippen LogP contribution is -2.26. The lowest BCUT2D eigenvalue weighted by Gasteiger charge is -2.25. The number of hydrogen-bond acceptors (Lipinski definition) is 4. The number of oxime groups is 1. The summed E-state index contributed by atoms with van der Waals surface area (Å²) in [7, 11) is 0. The first kappa shape index (κ1) is 12.9. The summed E-state index contributed by atoms with van der Waals surface area (Å²) < 4.78 is 0. The van der Waals surface area contributed by atoms with Gasteiger partial charge in [0.25, 0.3) is 0 Å². The van der Waals surface area contributed by atoms with Crippen molar-refractivity contribution in [1.29, 1.82) is 0 Å². The van der Waals surface area contributed by atoms with Gasteiger partial charge in [-0.1, -0.05) is 29.4 Å². The zero-order valence-corrected chi connectivity index (χ0v) is 11.6. The van der Waals surface area contributed by atoms with Crippen molar-refractivity contribution in [1.82, 2.24) is 4.90 Å². The number of piperidine rings is 1. The van der Waals surface area contributed by atoms with E-state index in [1.54, 1.807) is 0 Å². The van der Waals surface area contributed by atoms with Crippen LogP contribution in [0.15, 0.2) is 41.2 Å². The topological polar surface area (TPSA) is 41.9 Å². The number of likely N-dealkylation sites (tertiary alicyclic amines) is 1. The highest BCUT2D eigenvalue weighted by Gasteiger charge is 2.28. The molecule has 0 atom stereocenters. The standard InChI is InChI=1S/C16H18N2O2/c1-12-7-3-4-8-13(12)15-14(16(19)20-17-15)11-18-9-5-2-6-10-18/h3-4,7-8,11H,2,5-6,9-10H2,1H3/b14-11-. The largest absolute Gasteiger partial charge is 0.377 e. The van der Waals surface area contributed by atoms with Crippen molar-refractivity contribution in [2.45, 2.75) is 26.2 Å². The number of benzene rings is 1. The zero-order chi connectivity index (χ0) is 13.9. The van der Waals surface area contributed by atoms with E-state index in [-0.39, 0.29) is 5.97 Å². The van der Waals surface area contributed by atoms with Crippen LogP contribution in [0, 0.1) is 6.92 Å². The van der Waals surface area contributed by atoms with Crippen LogP contribution in [0.5, 0.6) is 0 Å². The maximum absolute atomic E-state index is 11.9. The number of carbonyl (C=O) groups is 1. The third-order valence-corrected chi connectivity index (χ3v) is 3.80. The zero-order valence-electron chi connectivity index (χ0n) is 11.6. The van der Waals surface area contributed by atoms with Crippen molar-refractivity contribution in [2.75, 3.05) is 13.1 Å². The molecule has 104 valence electrons. The van der Waals surface area contributed by atoms with Crippen LogP contribution in [0.1, 0.15) is 30.4 Å². The van der Waals surface area contributed by atoms with Gasteiger partial charge in [0.15, 0.2) is 0 Å². The number of hydrogen-bond donors (Lipinski definition) is 0. The van der Waals surface area contributed by atoms with E-state index in [0.29, 0.717) is 11.3 Å². The first-order chi connectivity index (χ1) is 9.75. The molecule has 3 rings (SSSR count). The van der Waals surface area contributed by atoms with Gasteiger partial charge >= 0.3 is 5.97 Å².